The summed E-state index contributed by atoms with van der Waals surface area (Å²) in [7, 11) is 1.81. The number of likely N-dealkylation sites (N-methyl/N-ethyl adjacent to an activating group) is 1. The highest BCUT2D eigenvalue weighted by molar-refractivity contribution is 7.98. The van der Waals surface area contributed by atoms with Gasteiger partial charge in [0, 0.05) is 17.5 Å². The number of hydrogen-bond acceptors (Lipinski definition) is 3. The highest BCUT2D eigenvalue weighted by Crippen LogP contribution is 2.25. The first-order chi connectivity index (χ1) is 9.54. The summed E-state index contributed by atoms with van der Waals surface area (Å²) in [6.45, 7) is 1.96. The Morgan fingerprint density at radius 2 is 2.05 bits per heavy atom. The van der Waals surface area contributed by atoms with Crippen LogP contribution in [-0.2, 0) is 0 Å². The van der Waals surface area contributed by atoms with Crippen molar-refractivity contribution in [3.63, 3.8) is 0 Å². The molecular weight excluding hydrogens is 270 g/mol. The van der Waals surface area contributed by atoms with Crippen molar-refractivity contribution >= 4 is 17.7 Å². The van der Waals surface area contributed by atoms with Gasteiger partial charge in [-0.1, -0.05) is 18.9 Å². The van der Waals surface area contributed by atoms with E-state index in [1.165, 1.54) is 0 Å². The van der Waals surface area contributed by atoms with E-state index in [0.717, 1.165) is 41.7 Å². The van der Waals surface area contributed by atoms with Crippen molar-refractivity contribution in [1.29, 1.82) is 0 Å². The number of carbonyl (C=O) groups excluding carboxylic acids is 1. The van der Waals surface area contributed by atoms with E-state index < -0.39 is 0 Å². The first kappa shape index (κ1) is 15.4. The van der Waals surface area contributed by atoms with Crippen molar-refractivity contribution < 1.29 is 9.90 Å². The first-order valence-corrected chi connectivity index (χ1v) is 8.37. The van der Waals surface area contributed by atoms with Crippen molar-refractivity contribution in [3.05, 3.63) is 29.3 Å². The van der Waals surface area contributed by atoms with E-state index in [1.54, 1.807) is 16.7 Å². The molecule has 2 atom stereocenters. The third-order valence-electron chi connectivity index (χ3n) is 4.19. The smallest absolute Gasteiger partial charge is 0.254 e. The molecule has 1 N–H and O–H groups in total. The molecule has 0 saturated heterocycles. The molecule has 1 fully saturated rings. The lowest BCUT2D eigenvalue weighted by Crippen LogP contribution is -2.46. The van der Waals surface area contributed by atoms with Crippen molar-refractivity contribution in [2.45, 2.75) is 49.6 Å². The van der Waals surface area contributed by atoms with Gasteiger partial charge in [0.1, 0.15) is 0 Å². The molecule has 0 aromatic heterocycles. The van der Waals surface area contributed by atoms with Crippen molar-refractivity contribution in [2.75, 3.05) is 13.3 Å². The lowest BCUT2D eigenvalue weighted by molar-refractivity contribution is 0.0267. The quantitative estimate of drug-likeness (QED) is 0.871. The first-order valence-electron chi connectivity index (χ1n) is 7.14. The van der Waals surface area contributed by atoms with Gasteiger partial charge in [0.25, 0.3) is 5.91 Å². The number of hydrogen-bond donors (Lipinski definition) is 1. The van der Waals surface area contributed by atoms with Gasteiger partial charge in [0.2, 0.25) is 0 Å². The number of rotatable bonds is 3. The summed E-state index contributed by atoms with van der Waals surface area (Å²) in [6.07, 6.45) is 5.45. The molecule has 0 heterocycles. The average Bonchev–Trinajstić information content (AvgIpc) is 2.47. The zero-order valence-corrected chi connectivity index (χ0v) is 13.2. The third-order valence-corrected chi connectivity index (χ3v) is 4.91. The Hall–Kier alpha value is -1.00. The maximum absolute atomic E-state index is 12.7. The number of aliphatic hydroxyl groups excluding tert-OH is 1. The molecule has 0 bridgehead atoms. The fourth-order valence-electron chi connectivity index (χ4n) is 2.84. The number of benzene rings is 1. The number of carbonyl (C=O) groups is 1. The van der Waals surface area contributed by atoms with Crippen LogP contribution in [0, 0.1) is 6.92 Å². The summed E-state index contributed by atoms with van der Waals surface area (Å²) in [6, 6.07) is 5.93. The second-order valence-electron chi connectivity index (χ2n) is 5.52. The Balaban J connectivity index is 2.21. The minimum absolute atomic E-state index is 0.0179. The lowest BCUT2D eigenvalue weighted by Gasteiger charge is -2.35. The topological polar surface area (TPSA) is 40.5 Å². The van der Waals surface area contributed by atoms with Gasteiger partial charge in [-0.3, -0.25) is 4.79 Å². The van der Waals surface area contributed by atoms with Gasteiger partial charge in [-0.05, 0) is 43.7 Å². The number of amides is 1. The Bertz CT molecular complexity index is 489. The zero-order valence-electron chi connectivity index (χ0n) is 12.4. The fraction of sp³-hybridized carbons (Fsp3) is 0.562. The molecule has 1 saturated carbocycles. The summed E-state index contributed by atoms with van der Waals surface area (Å²) >= 11 is 1.64. The van der Waals surface area contributed by atoms with Gasteiger partial charge in [-0.2, -0.15) is 0 Å². The van der Waals surface area contributed by atoms with E-state index in [2.05, 4.69) is 0 Å². The van der Waals surface area contributed by atoms with E-state index in [0.29, 0.717) is 0 Å². The van der Waals surface area contributed by atoms with E-state index >= 15 is 0 Å². The molecule has 1 aromatic rings. The molecule has 3 nitrogen and oxygen atoms in total. The van der Waals surface area contributed by atoms with Crippen LogP contribution in [0.15, 0.2) is 23.1 Å². The number of thioether (sulfide) groups is 1. The van der Waals surface area contributed by atoms with Crippen LogP contribution in [-0.4, -0.2) is 41.4 Å². The normalized spacial score (nSPS) is 22.6. The van der Waals surface area contributed by atoms with Gasteiger partial charge in [0.05, 0.1) is 12.1 Å². The van der Waals surface area contributed by atoms with Crippen LogP contribution >= 0.6 is 11.8 Å². The Kier molecular flexibility index (Phi) is 5.11. The molecule has 0 spiro atoms. The van der Waals surface area contributed by atoms with Crippen LogP contribution in [0.3, 0.4) is 0 Å². The van der Waals surface area contributed by atoms with E-state index in [4.69, 9.17) is 0 Å². The molecular formula is C16H23NO2S. The van der Waals surface area contributed by atoms with Crippen LogP contribution in [0.4, 0.5) is 0 Å². The van der Waals surface area contributed by atoms with Crippen LogP contribution in [0.25, 0.3) is 0 Å². The molecule has 1 amide bonds. The van der Waals surface area contributed by atoms with Crippen LogP contribution in [0.2, 0.25) is 0 Å². The standard InChI is InChI=1S/C16H23NO2S/c1-11-8-9-12(20-3)10-13(11)16(19)17(2)14-6-4-5-7-15(14)18/h8-10,14-15,18H,4-7H2,1-3H3. The Labute approximate surface area is 125 Å². The molecule has 4 heteroatoms. The maximum Gasteiger partial charge on any atom is 0.254 e. The highest BCUT2D eigenvalue weighted by Gasteiger charge is 2.30. The molecule has 110 valence electrons. The SMILES string of the molecule is CSc1ccc(C)c(C(=O)N(C)C2CCCCC2O)c1. The highest BCUT2D eigenvalue weighted by atomic mass is 32.2. The molecule has 0 radical (unpaired) electrons. The van der Waals surface area contributed by atoms with Crippen molar-refractivity contribution in [3.8, 4) is 0 Å². The lowest BCUT2D eigenvalue weighted by atomic mass is 9.91. The van der Waals surface area contributed by atoms with Crippen molar-refractivity contribution in [1.82, 2.24) is 4.90 Å². The Morgan fingerprint density at radius 3 is 2.70 bits per heavy atom. The van der Waals surface area contributed by atoms with Gasteiger partial charge < -0.3 is 10.0 Å². The molecule has 20 heavy (non-hydrogen) atoms. The minimum Gasteiger partial charge on any atom is -0.391 e. The molecule has 0 aliphatic heterocycles. The zero-order chi connectivity index (χ0) is 14.7. The average molecular weight is 293 g/mol. The molecule has 1 aromatic carbocycles. The van der Waals surface area contributed by atoms with E-state index in [9.17, 15) is 9.90 Å². The van der Waals surface area contributed by atoms with E-state index in [-0.39, 0.29) is 18.1 Å². The number of aliphatic hydroxyl groups is 1. The van der Waals surface area contributed by atoms with Crippen LogP contribution in [0.5, 0.6) is 0 Å². The van der Waals surface area contributed by atoms with Crippen LogP contribution in [0.1, 0.15) is 41.6 Å². The second kappa shape index (κ2) is 6.64. The summed E-state index contributed by atoms with van der Waals surface area (Å²) < 4.78 is 0. The Morgan fingerprint density at radius 1 is 1.35 bits per heavy atom. The van der Waals surface area contributed by atoms with Gasteiger partial charge in [0.15, 0.2) is 0 Å². The molecule has 1 aliphatic rings. The molecule has 2 unspecified atom stereocenters. The molecule has 2 rings (SSSR count). The second-order valence-corrected chi connectivity index (χ2v) is 6.40. The summed E-state index contributed by atoms with van der Waals surface area (Å²) in [5.41, 5.74) is 1.74. The van der Waals surface area contributed by atoms with E-state index in [1.807, 2.05) is 38.4 Å². The van der Waals surface area contributed by atoms with Gasteiger partial charge in [-0.25, -0.2) is 0 Å². The third kappa shape index (κ3) is 3.18. The maximum atomic E-state index is 12.7. The van der Waals surface area contributed by atoms with Gasteiger partial charge in [-0.15, -0.1) is 11.8 Å². The minimum atomic E-state index is -0.387. The predicted octanol–water partition coefficient (Wildman–Crippen LogP) is 3.09. The summed E-state index contributed by atoms with van der Waals surface area (Å²) in [5.74, 6) is 0.0179. The van der Waals surface area contributed by atoms with Gasteiger partial charge >= 0.3 is 0 Å². The predicted molar refractivity (Wildman–Crippen MR) is 83.3 cm³/mol. The van der Waals surface area contributed by atoms with Crippen LogP contribution < -0.4 is 0 Å². The summed E-state index contributed by atoms with van der Waals surface area (Å²) in [5, 5.41) is 10.1. The fourth-order valence-corrected chi connectivity index (χ4v) is 3.28. The largest absolute Gasteiger partial charge is 0.391 e. The number of aryl methyl sites for hydroxylation is 1. The summed E-state index contributed by atoms with van der Waals surface area (Å²) in [4.78, 5) is 15.5. The van der Waals surface area contributed by atoms with Crippen molar-refractivity contribution in [2.24, 2.45) is 0 Å². The number of nitrogens with zero attached hydrogens (tertiary/aromatic N) is 1. The monoisotopic (exact) mass is 293 g/mol. The molecule has 1 aliphatic carbocycles.